The van der Waals surface area contributed by atoms with Gasteiger partial charge in [-0.2, -0.15) is 0 Å². The standard InChI is InChI=1S/C17H18ClNOS/c1-11-8-12(2)17(13(3)9-11)19-16(20)10-21-15-7-5-4-6-14(15)18/h4-9H,10H2,1-3H3,(H,19,20). The van der Waals surface area contributed by atoms with Crippen LogP contribution >= 0.6 is 23.4 Å². The van der Waals surface area contributed by atoms with E-state index in [2.05, 4.69) is 24.4 Å². The van der Waals surface area contributed by atoms with Gasteiger partial charge < -0.3 is 5.32 Å². The van der Waals surface area contributed by atoms with Crippen molar-refractivity contribution < 1.29 is 4.79 Å². The molecule has 0 aliphatic heterocycles. The molecule has 0 heterocycles. The van der Waals surface area contributed by atoms with Crippen LogP contribution in [0.4, 0.5) is 5.69 Å². The number of aryl methyl sites for hydroxylation is 3. The van der Waals surface area contributed by atoms with Crippen LogP contribution in [0.3, 0.4) is 0 Å². The van der Waals surface area contributed by atoms with Crippen molar-refractivity contribution in [1.82, 2.24) is 0 Å². The number of thioether (sulfide) groups is 1. The van der Waals surface area contributed by atoms with Crippen molar-refractivity contribution >= 4 is 35.0 Å². The van der Waals surface area contributed by atoms with Crippen molar-refractivity contribution in [2.24, 2.45) is 0 Å². The minimum atomic E-state index is -0.0185. The van der Waals surface area contributed by atoms with Crippen molar-refractivity contribution in [1.29, 1.82) is 0 Å². The number of hydrogen-bond acceptors (Lipinski definition) is 2. The van der Waals surface area contributed by atoms with Gasteiger partial charge in [0.1, 0.15) is 0 Å². The van der Waals surface area contributed by atoms with Crippen LogP contribution in [0.1, 0.15) is 16.7 Å². The molecule has 110 valence electrons. The molecule has 4 heteroatoms. The summed E-state index contributed by atoms with van der Waals surface area (Å²) >= 11 is 7.53. The summed E-state index contributed by atoms with van der Waals surface area (Å²) in [6.45, 7) is 6.08. The van der Waals surface area contributed by atoms with Gasteiger partial charge in [0.2, 0.25) is 5.91 Å². The summed E-state index contributed by atoms with van der Waals surface area (Å²) in [6, 6.07) is 11.7. The Morgan fingerprint density at radius 3 is 2.38 bits per heavy atom. The maximum absolute atomic E-state index is 12.1. The Kier molecular flexibility index (Phi) is 5.32. The SMILES string of the molecule is Cc1cc(C)c(NC(=O)CSc2ccccc2Cl)c(C)c1. The minimum absolute atomic E-state index is 0.0185. The lowest BCUT2D eigenvalue weighted by Crippen LogP contribution is -2.15. The first kappa shape index (κ1) is 15.9. The molecule has 2 nitrogen and oxygen atoms in total. The first-order valence-corrected chi connectivity index (χ1v) is 8.09. The Hall–Kier alpha value is -1.45. The third-order valence-electron chi connectivity index (χ3n) is 3.14. The van der Waals surface area contributed by atoms with Crippen LogP contribution < -0.4 is 5.32 Å². The number of anilines is 1. The number of hydrogen-bond donors (Lipinski definition) is 1. The van der Waals surface area contributed by atoms with Gasteiger partial charge in [0, 0.05) is 10.6 Å². The largest absolute Gasteiger partial charge is 0.325 e. The Morgan fingerprint density at radius 2 is 1.76 bits per heavy atom. The number of amides is 1. The quantitative estimate of drug-likeness (QED) is 0.804. The van der Waals surface area contributed by atoms with E-state index in [0.29, 0.717) is 10.8 Å². The van der Waals surface area contributed by atoms with Crippen LogP contribution in [0.25, 0.3) is 0 Å². The average molecular weight is 320 g/mol. The van der Waals surface area contributed by atoms with Gasteiger partial charge in [-0.3, -0.25) is 4.79 Å². The molecule has 0 aliphatic rings. The molecule has 0 unspecified atom stereocenters. The third-order valence-corrected chi connectivity index (χ3v) is 4.65. The van der Waals surface area contributed by atoms with E-state index in [1.54, 1.807) is 0 Å². The highest BCUT2D eigenvalue weighted by molar-refractivity contribution is 8.00. The van der Waals surface area contributed by atoms with Crippen molar-refractivity contribution in [3.8, 4) is 0 Å². The Morgan fingerprint density at radius 1 is 1.14 bits per heavy atom. The van der Waals surface area contributed by atoms with Gasteiger partial charge in [-0.15, -0.1) is 11.8 Å². The van der Waals surface area contributed by atoms with Crippen LogP contribution in [-0.2, 0) is 4.79 Å². The van der Waals surface area contributed by atoms with Crippen molar-refractivity contribution in [2.45, 2.75) is 25.7 Å². The Bertz CT molecular complexity index is 647. The number of nitrogens with one attached hydrogen (secondary N) is 1. The van der Waals surface area contributed by atoms with Gasteiger partial charge in [0.05, 0.1) is 10.8 Å². The summed E-state index contributed by atoms with van der Waals surface area (Å²) in [5.74, 6) is 0.325. The van der Waals surface area contributed by atoms with Gasteiger partial charge in [-0.1, -0.05) is 41.4 Å². The van der Waals surface area contributed by atoms with Crippen LogP contribution in [-0.4, -0.2) is 11.7 Å². The summed E-state index contributed by atoms with van der Waals surface area (Å²) < 4.78 is 0. The Balaban J connectivity index is 2.01. The molecule has 2 aromatic rings. The average Bonchev–Trinajstić information content (AvgIpc) is 2.42. The summed E-state index contributed by atoms with van der Waals surface area (Å²) in [6.07, 6.45) is 0. The van der Waals surface area contributed by atoms with Gasteiger partial charge in [0.15, 0.2) is 0 Å². The fourth-order valence-electron chi connectivity index (χ4n) is 2.26. The summed E-state index contributed by atoms with van der Waals surface area (Å²) in [7, 11) is 0. The molecule has 21 heavy (non-hydrogen) atoms. The maximum atomic E-state index is 12.1. The molecular formula is C17H18ClNOS. The molecule has 1 N–H and O–H groups in total. The lowest BCUT2D eigenvalue weighted by Gasteiger charge is -2.13. The normalized spacial score (nSPS) is 10.5. The number of halogens is 1. The van der Waals surface area contributed by atoms with Crippen molar-refractivity contribution in [3.63, 3.8) is 0 Å². The molecule has 1 amide bonds. The molecule has 0 fully saturated rings. The fraction of sp³-hybridized carbons (Fsp3) is 0.235. The fourth-order valence-corrected chi connectivity index (χ4v) is 3.30. The molecular weight excluding hydrogens is 302 g/mol. The van der Waals surface area contributed by atoms with Gasteiger partial charge in [-0.05, 0) is 44.0 Å². The Labute approximate surface area is 134 Å². The third kappa shape index (κ3) is 4.26. The molecule has 2 aromatic carbocycles. The van der Waals surface area contributed by atoms with E-state index in [4.69, 9.17) is 11.6 Å². The monoisotopic (exact) mass is 319 g/mol. The second-order valence-corrected chi connectivity index (χ2v) is 6.47. The van der Waals surface area contributed by atoms with Gasteiger partial charge in [0.25, 0.3) is 0 Å². The first-order chi connectivity index (χ1) is 9.97. The van der Waals surface area contributed by atoms with E-state index in [1.165, 1.54) is 17.3 Å². The second-order valence-electron chi connectivity index (χ2n) is 5.04. The molecule has 0 radical (unpaired) electrons. The van der Waals surface area contributed by atoms with Crippen LogP contribution in [0.15, 0.2) is 41.3 Å². The summed E-state index contributed by atoms with van der Waals surface area (Å²) in [4.78, 5) is 13.0. The van der Waals surface area contributed by atoms with E-state index in [0.717, 1.165) is 21.7 Å². The van der Waals surface area contributed by atoms with Crippen LogP contribution in [0.5, 0.6) is 0 Å². The highest BCUT2D eigenvalue weighted by Gasteiger charge is 2.09. The number of carbonyl (C=O) groups is 1. The van der Waals surface area contributed by atoms with Crippen LogP contribution in [0, 0.1) is 20.8 Å². The molecule has 0 saturated carbocycles. The number of benzene rings is 2. The second kappa shape index (κ2) is 7.01. The maximum Gasteiger partial charge on any atom is 0.234 e. The van der Waals surface area contributed by atoms with E-state index in [-0.39, 0.29) is 5.91 Å². The first-order valence-electron chi connectivity index (χ1n) is 6.72. The zero-order valence-electron chi connectivity index (χ0n) is 12.4. The van der Waals surface area contributed by atoms with E-state index >= 15 is 0 Å². The van der Waals surface area contributed by atoms with Gasteiger partial charge in [-0.25, -0.2) is 0 Å². The van der Waals surface area contributed by atoms with E-state index in [1.807, 2.05) is 38.1 Å². The smallest absolute Gasteiger partial charge is 0.234 e. The highest BCUT2D eigenvalue weighted by atomic mass is 35.5. The summed E-state index contributed by atoms with van der Waals surface area (Å²) in [5.41, 5.74) is 4.28. The minimum Gasteiger partial charge on any atom is -0.325 e. The zero-order valence-corrected chi connectivity index (χ0v) is 13.9. The van der Waals surface area contributed by atoms with E-state index in [9.17, 15) is 4.79 Å². The van der Waals surface area contributed by atoms with Gasteiger partial charge >= 0.3 is 0 Å². The number of carbonyl (C=O) groups excluding carboxylic acids is 1. The molecule has 0 bridgehead atoms. The van der Waals surface area contributed by atoms with E-state index < -0.39 is 0 Å². The lowest BCUT2D eigenvalue weighted by molar-refractivity contribution is -0.113. The highest BCUT2D eigenvalue weighted by Crippen LogP contribution is 2.27. The van der Waals surface area contributed by atoms with Crippen molar-refractivity contribution in [3.05, 3.63) is 58.1 Å². The van der Waals surface area contributed by atoms with Crippen molar-refractivity contribution in [2.75, 3.05) is 11.1 Å². The molecule has 0 aliphatic carbocycles. The molecule has 0 atom stereocenters. The molecule has 0 aromatic heterocycles. The zero-order chi connectivity index (χ0) is 15.4. The predicted octanol–water partition coefficient (Wildman–Crippen LogP) is 5.00. The predicted molar refractivity (Wildman–Crippen MR) is 91.5 cm³/mol. The topological polar surface area (TPSA) is 29.1 Å². The lowest BCUT2D eigenvalue weighted by atomic mass is 10.1. The molecule has 0 saturated heterocycles. The van der Waals surface area contributed by atoms with Crippen LogP contribution in [0.2, 0.25) is 5.02 Å². The molecule has 2 rings (SSSR count). The summed E-state index contributed by atoms with van der Waals surface area (Å²) in [5, 5.41) is 3.67. The molecule has 0 spiro atoms. The number of rotatable bonds is 4.